The SMILES string of the molecule is CC1CN(C(=O)c2cc(NN)c3ccccc3n2)CCO1. The predicted molar refractivity (Wildman–Crippen MR) is 80.9 cm³/mol. The van der Waals surface area contributed by atoms with Gasteiger partial charge in [0.1, 0.15) is 5.69 Å². The first-order valence-corrected chi connectivity index (χ1v) is 6.96. The number of carbonyl (C=O) groups excluding carboxylic acids is 1. The molecule has 2 heterocycles. The molecule has 0 bridgehead atoms. The van der Waals surface area contributed by atoms with Crippen molar-refractivity contribution < 1.29 is 9.53 Å². The minimum absolute atomic E-state index is 0.0512. The second-order valence-electron chi connectivity index (χ2n) is 5.15. The van der Waals surface area contributed by atoms with Gasteiger partial charge < -0.3 is 15.1 Å². The Bertz CT molecular complexity index is 674. The zero-order valence-electron chi connectivity index (χ0n) is 11.9. The second kappa shape index (κ2) is 5.67. The molecule has 6 heteroatoms. The maximum absolute atomic E-state index is 12.6. The first-order valence-electron chi connectivity index (χ1n) is 6.96. The number of rotatable bonds is 2. The number of hydrogen-bond donors (Lipinski definition) is 2. The van der Waals surface area contributed by atoms with Crippen LogP contribution in [0.3, 0.4) is 0 Å². The molecule has 1 aromatic heterocycles. The number of pyridine rings is 1. The first-order chi connectivity index (χ1) is 10.2. The molecule has 0 spiro atoms. The Morgan fingerprint density at radius 1 is 1.48 bits per heavy atom. The van der Waals surface area contributed by atoms with Gasteiger partial charge in [-0.15, -0.1) is 0 Å². The van der Waals surface area contributed by atoms with Crippen LogP contribution in [0.15, 0.2) is 30.3 Å². The summed E-state index contributed by atoms with van der Waals surface area (Å²) in [5.74, 6) is 5.47. The largest absolute Gasteiger partial charge is 0.375 e. The Balaban J connectivity index is 1.98. The molecule has 2 aromatic rings. The predicted octanol–water partition coefficient (Wildman–Crippen LogP) is 1.38. The molecule has 21 heavy (non-hydrogen) atoms. The highest BCUT2D eigenvalue weighted by molar-refractivity contribution is 5.99. The zero-order valence-corrected chi connectivity index (χ0v) is 11.9. The van der Waals surface area contributed by atoms with Crippen molar-refractivity contribution in [1.82, 2.24) is 9.88 Å². The summed E-state index contributed by atoms with van der Waals surface area (Å²) < 4.78 is 5.46. The van der Waals surface area contributed by atoms with Crippen LogP contribution < -0.4 is 11.3 Å². The van der Waals surface area contributed by atoms with Crippen molar-refractivity contribution in [3.8, 4) is 0 Å². The minimum atomic E-state index is -0.0904. The third kappa shape index (κ3) is 2.68. The van der Waals surface area contributed by atoms with Crippen LogP contribution in [0.1, 0.15) is 17.4 Å². The van der Waals surface area contributed by atoms with E-state index < -0.39 is 0 Å². The van der Waals surface area contributed by atoms with Gasteiger partial charge in [0, 0.05) is 18.5 Å². The van der Waals surface area contributed by atoms with Crippen molar-refractivity contribution in [3.63, 3.8) is 0 Å². The first kappa shape index (κ1) is 13.8. The van der Waals surface area contributed by atoms with E-state index in [-0.39, 0.29) is 12.0 Å². The van der Waals surface area contributed by atoms with Crippen molar-refractivity contribution in [1.29, 1.82) is 0 Å². The van der Waals surface area contributed by atoms with Gasteiger partial charge in [0.05, 0.1) is 23.9 Å². The molecule has 0 radical (unpaired) electrons. The lowest BCUT2D eigenvalue weighted by molar-refractivity contribution is -0.0126. The van der Waals surface area contributed by atoms with E-state index in [9.17, 15) is 4.79 Å². The van der Waals surface area contributed by atoms with Gasteiger partial charge in [-0.25, -0.2) is 4.98 Å². The van der Waals surface area contributed by atoms with Crippen LogP contribution in [0.2, 0.25) is 0 Å². The van der Waals surface area contributed by atoms with E-state index in [2.05, 4.69) is 10.4 Å². The van der Waals surface area contributed by atoms with E-state index in [0.717, 1.165) is 10.9 Å². The number of morpholine rings is 1. The summed E-state index contributed by atoms with van der Waals surface area (Å²) in [6, 6.07) is 9.29. The van der Waals surface area contributed by atoms with Crippen molar-refractivity contribution in [2.75, 3.05) is 25.1 Å². The lowest BCUT2D eigenvalue weighted by Crippen LogP contribution is -2.44. The maximum atomic E-state index is 12.6. The number of carbonyl (C=O) groups is 1. The summed E-state index contributed by atoms with van der Waals surface area (Å²) in [5.41, 5.74) is 4.49. The van der Waals surface area contributed by atoms with Gasteiger partial charge in [0.15, 0.2) is 0 Å². The average Bonchev–Trinajstić information content (AvgIpc) is 2.53. The Morgan fingerprint density at radius 2 is 2.29 bits per heavy atom. The smallest absolute Gasteiger partial charge is 0.272 e. The molecular weight excluding hydrogens is 268 g/mol. The van der Waals surface area contributed by atoms with Crippen LogP contribution in [0, 0.1) is 0 Å². The second-order valence-corrected chi connectivity index (χ2v) is 5.15. The Hall–Kier alpha value is -2.18. The molecule has 6 nitrogen and oxygen atoms in total. The lowest BCUT2D eigenvalue weighted by Gasteiger charge is -2.31. The number of fused-ring (bicyclic) bond motifs is 1. The van der Waals surface area contributed by atoms with Gasteiger partial charge in [-0.3, -0.25) is 10.6 Å². The monoisotopic (exact) mass is 286 g/mol. The van der Waals surface area contributed by atoms with Gasteiger partial charge in [-0.05, 0) is 19.1 Å². The van der Waals surface area contributed by atoms with Crippen LogP contribution in [-0.4, -0.2) is 41.6 Å². The highest BCUT2D eigenvalue weighted by atomic mass is 16.5. The van der Waals surface area contributed by atoms with Crippen LogP contribution in [0.25, 0.3) is 10.9 Å². The van der Waals surface area contributed by atoms with Gasteiger partial charge in [-0.1, -0.05) is 18.2 Å². The molecule has 1 fully saturated rings. The third-order valence-electron chi connectivity index (χ3n) is 3.62. The number of anilines is 1. The number of aromatic nitrogens is 1. The molecular formula is C15H18N4O2. The number of amides is 1. The van der Waals surface area contributed by atoms with Crippen LogP contribution in [-0.2, 0) is 4.74 Å². The number of nitrogens with one attached hydrogen (secondary N) is 1. The fourth-order valence-electron chi connectivity index (χ4n) is 2.57. The number of nitrogens with zero attached hydrogens (tertiary/aromatic N) is 2. The van der Waals surface area contributed by atoms with Gasteiger partial charge >= 0.3 is 0 Å². The molecule has 1 unspecified atom stereocenters. The number of nitrogen functional groups attached to an aromatic ring is 1. The zero-order chi connectivity index (χ0) is 14.8. The highest BCUT2D eigenvalue weighted by Crippen LogP contribution is 2.23. The number of benzene rings is 1. The summed E-state index contributed by atoms with van der Waals surface area (Å²) in [7, 11) is 0. The van der Waals surface area contributed by atoms with Crippen molar-refractivity contribution >= 4 is 22.5 Å². The minimum Gasteiger partial charge on any atom is -0.375 e. The normalized spacial score (nSPS) is 18.8. The summed E-state index contributed by atoms with van der Waals surface area (Å²) in [4.78, 5) is 18.8. The molecule has 3 rings (SSSR count). The summed E-state index contributed by atoms with van der Waals surface area (Å²) in [5, 5.41) is 0.895. The molecule has 1 aliphatic rings. The van der Waals surface area contributed by atoms with Gasteiger partial charge in [-0.2, -0.15) is 0 Å². The van der Waals surface area contributed by atoms with E-state index in [0.29, 0.717) is 31.1 Å². The number of hydrogen-bond acceptors (Lipinski definition) is 5. The van der Waals surface area contributed by atoms with E-state index in [1.165, 1.54) is 0 Å². The number of hydrazine groups is 1. The quantitative estimate of drug-likeness (QED) is 0.644. The molecule has 1 aromatic carbocycles. The molecule has 110 valence electrons. The third-order valence-corrected chi connectivity index (χ3v) is 3.62. The Labute approximate surface area is 122 Å². The molecule has 0 saturated carbocycles. The van der Waals surface area contributed by atoms with Crippen LogP contribution >= 0.6 is 0 Å². The molecule has 0 aliphatic carbocycles. The van der Waals surface area contributed by atoms with E-state index >= 15 is 0 Å². The fraction of sp³-hybridized carbons (Fsp3) is 0.333. The van der Waals surface area contributed by atoms with E-state index in [4.69, 9.17) is 10.6 Å². The van der Waals surface area contributed by atoms with Crippen molar-refractivity contribution in [3.05, 3.63) is 36.0 Å². The van der Waals surface area contributed by atoms with E-state index in [1.54, 1.807) is 11.0 Å². The van der Waals surface area contributed by atoms with Crippen LogP contribution in [0.4, 0.5) is 5.69 Å². The Morgan fingerprint density at radius 3 is 3.05 bits per heavy atom. The molecule has 1 aliphatic heterocycles. The molecule has 1 atom stereocenters. The average molecular weight is 286 g/mol. The topological polar surface area (TPSA) is 80.5 Å². The highest BCUT2D eigenvalue weighted by Gasteiger charge is 2.24. The molecule has 1 amide bonds. The Kier molecular flexibility index (Phi) is 3.72. The fourth-order valence-corrected chi connectivity index (χ4v) is 2.57. The lowest BCUT2D eigenvalue weighted by atomic mass is 10.1. The number of para-hydroxylation sites is 1. The van der Waals surface area contributed by atoms with Crippen molar-refractivity contribution in [2.45, 2.75) is 13.0 Å². The van der Waals surface area contributed by atoms with Gasteiger partial charge in [0.2, 0.25) is 0 Å². The van der Waals surface area contributed by atoms with Crippen LogP contribution in [0.5, 0.6) is 0 Å². The van der Waals surface area contributed by atoms with Gasteiger partial charge in [0.25, 0.3) is 5.91 Å². The summed E-state index contributed by atoms with van der Waals surface area (Å²) >= 11 is 0. The van der Waals surface area contributed by atoms with Crippen molar-refractivity contribution in [2.24, 2.45) is 5.84 Å². The number of nitrogens with two attached hydrogens (primary N) is 1. The van der Waals surface area contributed by atoms with E-state index in [1.807, 2.05) is 31.2 Å². The maximum Gasteiger partial charge on any atom is 0.272 e. The standard InChI is InChI=1S/C15H18N4O2/c1-10-9-19(6-7-21-10)15(20)14-8-13(18-16)11-4-2-3-5-12(11)17-14/h2-5,8,10H,6-7,9,16H2,1H3,(H,17,18). The summed E-state index contributed by atoms with van der Waals surface area (Å²) in [6.07, 6.45) is 0.0512. The molecule has 3 N–H and O–H groups in total. The molecule has 1 saturated heterocycles. The summed E-state index contributed by atoms with van der Waals surface area (Å²) in [6.45, 7) is 3.68. The number of ether oxygens (including phenoxy) is 1.